The van der Waals surface area contributed by atoms with Crippen LogP contribution in [-0.4, -0.2) is 84.7 Å². The molecule has 7 heteroatoms. The number of ether oxygens (including phenoxy) is 1. The molecule has 1 aromatic carbocycles. The van der Waals surface area contributed by atoms with Crippen molar-refractivity contribution in [2.24, 2.45) is 0 Å². The van der Waals surface area contributed by atoms with Crippen LogP contribution in [0.3, 0.4) is 0 Å². The standard InChI is InChI=1S/C23H36N4O3/c1-23(2,3)30-22(29)24-19-9-7-18(8-10-19)16-21(28)27-14-12-26(13-15-27)20-6-5-11-25(4)17-20/h7-10,20H,5-6,11-17H2,1-4H3,(H,24,29). The number of carbonyl (C=O) groups is 2. The fraction of sp³-hybridized carbons (Fsp3) is 0.652. The lowest BCUT2D eigenvalue weighted by molar-refractivity contribution is -0.132. The molecule has 1 aromatic rings. The molecule has 0 saturated carbocycles. The molecule has 30 heavy (non-hydrogen) atoms. The Labute approximate surface area is 180 Å². The highest BCUT2D eigenvalue weighted by atomic mass is 16.6. The van der Waals surface area contributed by atoms with Crippen molar-refractivity contribution in [3.63, 3.8) is 0 Å². The number of likely N-dealkylation sites (tertiary alicyclic amines) is 1. The second-order valence-electron chi connectivity index (χ2n) is 9.48. The van der Waals surface area contributed by atoms with E-state index in [9.17, 15) is 9.59 Å². The van der Waals surface area contributed by atoms with E-state index in [2.05, 4.69) is 22.2 Å². The molecule has 166 valence electrons. The summed E-state index contributed by atoms with van der Waals surface area (Å²) in [4.78, 5) is 31.5. The first-order valence-electron chi connectivity index (χ1n) is 11.0. The Bertz CT molecular complexity index is 721. The summed E-state index contributed by atoms with van der Waals surface area (Å²) in [6.07, 6.45) is 2.44. The average Bonchev–Trinajstić information content (AvgIpc) is 2.68. The van der Waals surface area contributed by atoms with Gasteiger partial charge >= 0.3 is 6.09 Å². The van der Waals surface area contributed by atoms with Crippen LogP contribution in [0.25, 0.3) is 0 Å². The molecule has 1 unspecified atom stereocenters. The third kappa shape index (κ3) is 6.71. The Kier molecular flexibility index (Phi) is 7.36. The van der Waals surface area contributed by atoms with Gasteiger partial charge in [-0.3, -0.25) is 15.0 Å². The van der Waals surface area contributed by atoms with Gasteiger partial charge < -0.3 is 14.5 Å². The van der Waals surface area contributed by atoms with E-state index in [1.165, 1.54) is 19.4 Å². The van der Waals surface area contributed by atoms with E-state index in [1.54, 1.807) is 0 Å². The summed E-state index contributed by atoms with van der Waals surface area (Å²) in [5.74, 6) is 0.170. The molecular weight excluding hydrogens is 380 g/mol. The van der Waals surface area contributed by atoms with Gasteiger partial charge in [-0.25, -0.2) is 4.79 Å². The van der Waals surface area contributed by atoms with Crippen molar-refractivity contribution in [1.82, 2.24) is 14.7 Å². The van der Waals surface area contributed by atoms with Crippen LogP contribution in [0.5, 0.6) is 0 Å². The van der Waals surface area contributed by atoms with Gasteiger partial charge in [0.25, 0.3) is 0 Å². The highest BCUT2D eigenvalue weighted by Crippen LogP contribution is 2.18. The molecule has 0 aromatic heterocycles. The minimum Gasteiger partial charge on any atom is -0.444 e. The van der Waals surface area contributed by atoms with Crippen molar-refractivity contribution in [3.05, 3.63) is 29.8 Å². The summed E-state index contributed by atoms with van der Waals surface area (Å²) in [5, 5.41) is 2.72. The zero-order chi connectivity index (χ0) is 21.7. The van der Waals surface area contributed by atoms with Crippen LogP contribution in [0.15, 0.2) is 24.3 Å². The molecule has 1 atom stereocenters. The lowest BCUT2D eigenvalue weighted by atomic mass is 10.0. The minimum absolute atomic E-state index is 0.170. The van der Waals surface area contributed by atoms with E-state index in [-0.39, 0.29) is 5.91 Å². The van der Waals surface area contributed by atoms with Crippen LogP contribution in [0, 0.1) is 0 Å². The summed E-state index contributed by atoms with van der Waals surface area (Å²) in [6, 6.07) is 8.02. The molecule has 2 heterocycles. The molecule has 1 N–H and O–H groups in total. The smallest absolute Gasteiger partial charge is 0.412 e. The molecule has 0 bridgehead atoms. The van der Waals surface area contributed by atoms with Crippen molar-refractivity contribution >= 4 is 17.7 Å². The van der Waals surface area contributed by atoms with Gasteiger partial charge in [-0.05, 0) is 64.9 Å². The summed E-state index contributed by atoms with van der Waals surface area (Å²) in [6.45, 7) is 11.3. The lowest BCUT2D eigenvalue weighted by Gasteiger charge is -2.42. The Hall–Kier alpha value is -2.12. The van der Waals surface area contributed by atoms with Crippen molar-refractivity contribution in [2.75, 3.05) is 51.6 Å². The Balaban J connectivity index is 1.44. The van der Waals surface area contributed by atoms with Crippen molar-refractivity contribution in [3.8, 4) is 0 Å². The van der Waals surface area contributed by atoms with E-state index in [1.807, 2.05) is 49.9 Å². The Morgan fingerprint density at radius 2 is 1.73 bits per heavy atom. The number of likely N-dealkylation sites (N-methyl/N-ethyl adjacent to an activating group) is 1. The molecule has 2 fully saturated rings. The first-order chi connectivity index (χ1) is 14.2. The predicted molar refractivity (Wildman–Crippen MR) is 119 cm³/mol. The second-order valence-corrected chi connectivity index (χ2v) is 9.48. The van der Waals surface area contributed by atoms with E-state index < -0.39 is 11.7 Å². The van der Waals surface area contributed by atoms with Gasteiger partial charge in [-0.15, -0.1) is 0 Å². The van der Waals surface area contributed by atoms with Crippen molar-refractivity contribution in [1.29, 1.82) is 0 Å². The SMILES string of the molecule is CN1CCCC(N2CCN(C(=O)Cc3ccc(NC(=O)OC(C)(C)C)cc3)CC2)C1. The van der Waals surface area contributed by atoms with Gasteiger partial charge in [0.1, 0.15) is 5.60 Å². The number of nitrogens with zero attached hydrogens (tertiary/aromatic N) is 3. The summed E-state index contributed by atoms with van der Waals surface area (Å²) >= 11 is 0. The third-order valence-electron chi connectivity index (χ3n) is 5.74. The number of hydrogen-bond acceptors (Lipinski definition) is 5. The van der Waals surface area contributed by atoms with Crippen LogP contribution in [0.4, 0.5) is 10.5 Å². The maximum atomic E-state index is 12.7. The highest BCUT2D eigenvalue weighted by Gasteiger charge is 2.28. The Morgan fingerprint density at radius 1 is 1.07 bits per heavy atom. The normalized spacial score (nSPS) is 21.3. The summed E-state index contributed by atoms with van der Waals surface area (Å²) < 4.78 is 5.26. The zero-order valence-electron chi connectivity index (χ0n) is 18.8. The average molecular weight is 417 g/mol. The van der Waals surface area contributed by atoms with Crippen LogP contribution < -0.4 is 5.32 Å². The van der Waals surface area contributed by atoms with Gasteiger partial charge in [-0.2, -0.15) is 0 Å². The number of nitrogens with one attached hydrogen (secondary N) is 1. The molecule has 0 radical (unpaired) electrons. The number of carbonyl (C=O) groups excluding carboxylic acids is 2. The Morgan fingerprint density at radius 3 is 2.33 bits per heavy atom. The largest absolute Gasteiger partial charge is 0.444 e. The molecule has 2 aliphatic heterocycles. The molecule has 7 nitrogen and oxygen atoms in total. The molecule has 0 aliphatic carbocycles. The van der Waals surface area contributed by atoms with Gasteiger partial charge in [0.05, 0.1) is 6.42 Å². The number of anilines is 1. The number of piperazine rings is 1. The minimum atomic E-state index is -0.534. The summed E-state index contributed by atoms with van der Waals surface area (Å²) in [7, 11) is 2.19. The molecule has 2 amide bonds. The molecule has 2 saturated heterocycles. The monoisotopic (exact) mass is 416 g/mol. The number of benzene rings is 1. The molecule has 0 spiro atoms. The predicted octanol–water partition coefficient (Wildman–Crippen LogP) is 2.81. The number of piperidine rings is 1. The van der Waals surface area contributed by atoms with Crippen LogP contribution >= 0.6 is 0 Å². The first-order valence-corrected chi connectivity index (χ1v) is 11.0. The zero-order valence-corrected chi connectivity index (χ0v) is 18.8. The van der Waals surface area contributed by atoms with Gasteiger partial charge in [0, 0.05) is 44.5 Å². The van der Waals surface area contributed by atoms with Gasteiger partial charge in [0.15, 0.2) is 0 Å². The number of amides is 2. The lowest BCUT2D eigenvalue weighted by Crippen LogP contribution is -2.55. The van der Waals surface area contributed by atoms with E-state index in [0.717, 1.165) is 38.3 Å². The van der Waals surface area contributed by atoms with Crippen LogP contribution in [0.1, 0.15) is 39.2 Å². The van der Waals surface area contributed by atoms with Crippen molar-refractivity contribution in [2.45, 2.75) is 51.7 Å². The highest BCUT2D eigenvalue weighted by molar-refractivity contribution is 5.85. The number of rotatable bonds is 4. The molecule has 2 aliphatic rings. The van der Waals surface area contributed by atoms with Crippen LogP contribution in [-0.2, 0) is 16.0 Å². The maximum absolute atomic E-state index is 12.7. The fourth-order valence-electron chi connectivity index (χ4n) is 4.19. The first kappa shape index (κ1) is 22.6. The van der Waals surface area contributed by atoms with Crippen molar-refractivity contribution < 1.29 is 14.3 Å². The molecule has 3 rings (SSSR count). The van der Waals surface area contributed by atoms with Crippen LogP contribution in [0.2, 0.25) is 0 Å². The van der Waals surface area contributed by atoms with E-state index in [4.69, 9.17) is 4.74 Å². The van der Waals surface area contributed by atoms with Gasteiger partial charge in [0.2, 0.25) is 5.91 Å². The van der Waals surface area contributed by atoms with E-state index in [0.29, 0.717) is 18.2 Å². The quantitative estimate of drug-likeness (QED) is 0.818. The maximum Gasteiger partial charge on any atom is 0.412 e. The van der Waals surface area contributed by atoms with E-state index >= 15 is 0 Å². The second kappa shape index (κ2) is 9.79. The molecular formula is C23H36N4O3. The van der Waals surface area contributed by atoms with Gasteiger partial charge in [-0.1, -0.05) is 12.1 Å². The summed E-state index contributed by atoms with van der Waals surface area (Å²) in [5.41, 5.74) is 1.07. The third-order valence-corrected chi connectivity index (χ3v) is 5.74. The fourth-order valence-corrected chi connectivity index (χ4v) is 4.19. The topological polar surface area (TPSA) is 65.1 Å². The number of hydrogen-bond donors (Lipinski definition) is 1.